The summed E-state index contributed by atoms with van der Waals surface area (Å²) in [4.78, 5) is 4.57. The number of aryl methyl sites for hydroxylation is 1. The zero-order valence-electron chi connectivity index (χ0n) is 18.2. The van der Waals surface area contributed by atoms with E-state index in [2.05, 4.69) is 20.3 Å². The second-order valence-corrected chi connectivity index (χ2v) is 8.27. The second kappa shape index (κ2) is 9.30. The summed E-state index contributed by atoms with van der Waals surface area (Å²) in [6.45, 7) is 2.03. The Morgan fingerprint density at radius 3 is 2.58 bits per heavy atom. The lowest BCUT2D eigenvalue weighted by Crippen LogP contribution is -2.00. The van der Waals surface area contributed by atoms with Crippen LogP contribution in [0.1, 0.15) is 11.5 Å². The van der Waals surface area contributed by atoms with Crippen LogP contribution in [-0.4, -0.2) is 32.0 Å². The molecule has 0 saturated carbocycles. The van der Waals surface area contributed by atoms with Crippen molar-refractivity contribution in [1.82, 2.24) is 24.9 Å². The van der Waals surface area contributed by atoms with E-state index in [0.717, 1.165) is 39.1 Å². The number of hydrogen-bond acceptors (Lipinski definition) is 7. The molecule has 164 valence electrons. The number of ether oxygens (including phenoxy) is 1. The standard InChI is InChI=1S/C25H21N5O2S/c1-17-9-6-7-14-21(17)23-26-22(32-29-23)16-33-25-28-27-24(18-10-8-13-20(15-18)31-2)30(25)19-11-4-3-5-12-19/h3-15H,16H2,1-2H3. The van der Waals surface area contributed by atoms with Gasteiger partial charge in [-0.05, 0) is 36.8 Å². The molecule has 0 atom stereocenters. The van der Waals surface area contributed by atoms with Crippen molar-refractivity contribution < 1.29 is 9.26 Å². The van der Waals surface area contributed by atoms with E-state index in [1.54, 1.807) is 7.11 Å². The van der Waals surface area contributed by atoms with E-state index >= 15 is 0 Å². The van der Waals surface area contributed by atoms with Gasteiger partial charge in [0, 0.05) is 16.8 Å². The molecule has 7 nitrogen and oxygen atoms in total. The van der Waals surface area contributed by atoms with Crippen LogP contribution in [0.2, 0.25) is 0 Å². The van der Waals surface area contributed by atoms with Gasteiger partial charge in [0.2, 0.25) is 11.7 Å². The Hall–Kier alpha value is -3.91. The molecule has 8 heteroatoms. The zero-order valence-corrected chi connectivity index (χ0v) is 19.0. The van der Waals surface area contributed by atoms with Gasteiger partial charge in [0.05, 0.1) is 12.9 Å². The molecular formula is C25H21N5O2S. The molecule has 2 aromatic heterocycles. The number of methoxy groups -OCH3 is 1. The molecule has 0 radical (unpaired) electrons. The summed E-state index contributed by atoms with van der Waals surface area (Å²) in [5.41, 5.74) is 3.95. The first kappa shape index (κ1) is 21.0. The maximum atomic E-state index is 5.51. The van der Waals surface area contributed by atoms with Crippen molar-refractivity contribution in [3.05, 3.63) is 90.3 Å². The summed E-state index contributed by atoms with van der Waals surface area (Å²) in [5.74, 6) is 3.09. The third-order valence-electron chi connectivity index (χ3n) is 5.15. The van der Waals surface area contributed by atoms with Gasteiger partial charge in [0.1, 0.15) is 5.75 Å². The predicted octanol–water partition coefficient (Wildman–Crippen LogP) is 5.59. The third kappa shape index (κ3) is 4.38. The molecule has 3 aromatic carbocycles. The number of rotatable bonds is 7. The van der Waals surface area contributed by atoms with E-state index in [9.17, 15) is 0 Å². The first-order valence-electron chi connectivity index (χ1n) is 10.4. The van der Waals surface area contributed by atoms with Crippen LogP contribution >= 0.6 is 11.8 Å². The highest BCUT2D eigenvalue weighted by atomic mass is 32.2. The van der Waals surface area contributed by atoms with Gasteiger partial charge in [-0.2, -0.15) is 4.98 Å². The van der Waals surface area contributed by atoms with Crippen molar-refractivity contribution >= 4 is 11.8 Å². The summed E-state index contributed by atoms with van der Waals surface area (Å²) in [5, 5.41) is 13.8. The Labute approximate surface area is 195 Å². The number of thioether (sulfide) groups is 1. The molecular weight excluding hydrogens is 434 g/mol. The van der Waals surface area contributed by atoms with Crippen LogP contribution in [0.3, 0.4) is 0 Å². The normalized spacial score (nSPS) is 11.0. The van der Waals surface area contributed by atoms with Gasteiger partial charge in [-0.3, -0.25) is 4.57 Å². The van der Waals surface area contributed by atoms with Crippen molar-refractivity contribution in [2.24, 2.45) is 0 Å². The van der Waals surface area contributed by atoms with Crippen LogP contribution in [0, 0.1) is 6.92 Å². The lowest BCUT2D eigenvalue weighted by molar-refractivity contribution is 0.391. The molecule has 0 fully saturated rings. The van der Waals surface area contributed by atoms with Crippen molar-refractivity contribution in [2.45, 2.75) is 17.8 Å². The molecule has 0 spiro atoms. The minimum absolute atomic E-state index is 0.474. The van der Waals surface area contributed by atoms with Crippen LogP contribution in [0.25, 0.3) is 28.5 Å². The number of para-hydroxylation sites is 1. The Balaban J connectivity index is 1.45. The maximum Gasteiger partial charge on any atom is 0.237 e. The number of benzene rings is 3. The van der Waals surface area contributed by atoms with Crippen LogP contribution in [0.5, 0.6) is 5.75 Å². The third-order valence-corrected chi connectivity index (χ3v) is 6.07. The molecule has 0 aliphatic carbocycles. The SMILES string of the molecule is COc1cccc(-c2nnc(SCc3nc(-c4ccccc4C)no3)n2-c2ccccc2)c1. The van der Waals surface area contributed by atoms with Gasteiger partial charge in [0.15, 0.2) is 11.0 Å². The monoisotopic (exact) mass is 455 g/mol. The lowest BCUT2D eigenvalue weighted by Gasteiger charge is -2.10. The maximum absolute atomic E-state index is 5.51. The summed E-state index contributed by atoms with van der Waals surface area (Å²) >= 11 is 1.50. The van der Waals surface area contributed by atoms with Crippen LogP contribution in [-0.2, 0) is 5.75 Å². The minimum Gasteiger partial charge on any atom is -0.497 e. The summed E-state index contributed by atoms with van der Waals surface area (Å²) in [6, 6.07) is 25.8. The fraction of sp³-hybridized carbons (Fsp3) is 0.120. The molecule has 0 N–H and O–H groups in total. The second-order valence-electron chi connectivity index (χ2n) is 7.32. The highest BCUT2D eigenvalue weighted by Gasteiger charge is 2.18. The van der Waals surface area contributed by atoms with Crippen LogP contribution < -0.4 is 4.74 Å². The van der Waals surface area contributed by atoms with E-state index in [4.69, 9.17) is 9.26 Å². The van der Waals surface area contributed by atoms with E-state index < -0.39 is 0 Å². The van der Waals surface area contributed by atoms with Crippen molar-refractivity contribution in [2.75, 3.05) is 7.11 Å². The minimum atomic E-state index is 0.474. The molecule has 0 amide bonds. The van der Waals surface area contributed by atoms with Gasteiger partial charge in [0.25, 0.3) is 0 Å². The molecule has 5 rings (SSSR count). The van der Waals surface area contributed by atoms with Crippen molar-refractivity contribution in [3.63, 3.8) is 0 Å². The predicted molar refractivity (Wildman–Crippen MR) is 127 cm³/mol. The number of aromatic nitrogens is 5. The average Bonchev–Trinajstić information content (AvgIpc) is 3.51. The van der Waals surface area contributed by atoms with Gasteiger partial charge in [-0.15, -0.1) is 10.2 Å². The highest BCUT2D eigenvalue weighted by molar-refractivity contribution is 7.98. The van der Waals surface area contributed by atoms with Gasteiger partial charge in [-0.25, -0.2) is 0 Å². The molecule has 0 aliphatic heterocycles. The Kier molecular flexibility index (Phi) is 5.91. The zero-order chi connectivity index (χ0) is 22.6. The van der Waals surface area contributed by atoms with Gasteiger partial charge in [-0.1, -0.05) is 71.5 Å². The quantitative estimate of drug-likeness (QED) is 0.296. The van der Waals surface area contributed by atoms with Crippen molar-refractivity contribution in [1.29, 1.82) is 0 Å². The molecule has 33 heavy (non-hydrogen) atoms. The Morgan fingerprint density at radius 2 is 1.76 bits per heavy atom. The molecule has 0 bridgehead atoms. The number of nitrogens with zero attached hydrogens (tertiary/aromatic N) is 5. The first-order chi connectivity index (χ1) is 16.2. The van der Waals surface area contributed by atoms with Gasteiger partial charge >= 0.3 is 0 Å². The topological polar surface area (TPSA) is 78.9 Å². The van der Waals surface area contributed by atoms with Crippen LogP contribution in [0.15, 0.2) is 88.5 Å². The summed E-state index contributed by atoms with van der Waals surface area (Å²) < 4.78 is 12.9. The molecule has 5 aromatic rings. The highest BCUT2D eigenvalue weighted by Crippen LogP contribution is 2.31. The fourth-order valence-electron chi connectivity index (χ4n) is 3.50. The first-order valence-corrected chi connectivity index (χ1v) is 11.4. The van der Waals surface area contributed by atoms with Crippen LogP contribution in [0.4, 0.5) is 0 Å². The lowest BCUT2D eigenvalue weighted by atomic mass is 10.1. The smallest absolute Gasteiger partial charge is 0.237 e. The number of hydrogen-bond donors (Lipinski definition) is 0. The molecule has 2 heterocycles. The van der Waals surface area contributed by atoms with E-state index in [1.807, 2.05) is 90.4 Å². The van der Waals surface area contributed by atoms with E-state index in [1.165, 1.54) is 11.8 Å². The van der Waals surface area contributed by atoms with E-state index in [-0.39, 0.29) is 0 Å². The Morgan fingerprint density at radius 1 is 0.939 bits per heavy atom. The molecule has 0 unspecified atom stereocenters. The van der Waals surface area contributed by atoms with Gasteiger partial charge < -0.3 is 9.26 Å². The average molecular weight is 456 g/mol. The molecule has 0 aliphatic rings. The fourth-order valence-corrected chi connectivity index (χ4v) is 4.28. The van der Waals surface area contributed by atoms with Crippen molar-refractivity contribution in [3.8, 4) is 34.2 Å². The largest absolute Gasteiger partial charge is 0.497 e. The summed E-state index contributed by atoms with van der Waals surface area (Å²) in [6.07, 6.45) is 0. The van der Waals surface area contributed by atoms with E-state index in [0.29, 0.717) is 17.5 Å². The Bertz CT molecular complexity index is 1380. The molecule has 0 saturated heterocycles. The summed E-state index contributed by atoms with van der Waals surface area (Å²) in [7, 11) is 1.65.